The van der Waals surface area contributed by atoms with Crippen molar-refractivity contribution in [1.29, 1.82) is 0 Å². The minimum atomic E-state index is -3.15. The molecular weight excluding hydrogens is 188 g/mol. The van der Waals surface area contributed by atoms with E-state index in [-0.39, 0.29) is 0 Å². The van der Waals surface area contributed by atoms with Crippen molar-refractivity contribution in [3.8, 4) is 0 Å². The molecule has 0 saturated heterocycles. The van der Waals surface area contributed by atoms with Crippen LogP contribution in [-0.2, 0) is 17.7 Å². The van der Waals surface area contributed by atoms with Crippen LogP contribution < -0.4 is 0 Å². The third kappa shape index (κ3) is 3.82. The summed E-state index contributed by atoms with van der Waals surface area (Å²) in [7, 11) is -3.15. The Morgan fingerprint density at radius 1 is 1.00 bits per heavy atom. The van der Waals surface area contributed by atoms with Gasteiger partial charge in [-0.05, 0) is 6.92 Å². The molecule has 0 aromatic heterocycles. The lowest BCUT2D eigenvalue weighted by Gasteiger charge is -2.22. The van der Waals surface area contributed by atoms with Crippen LogP contribution in [0, 0.1) is 0 Å². The molecule has 0 aliphatic carbocycles. The topological polar surface area (TPSA) is 36.9 Å². The van der Waals surface area contributed by atoms with Crippen molar-refractivity contribution in [2.75, 3.05) is 6.61 Å². The predicted molar refractivity (Wildman–Crippen MR) is 51.2 cm³/mol. The number of hydrogen-bond acceptors (Lipinski definition) is 4. The maximum Gasteiger partial charge on any atom is 0.891 e. The summed E-state index contributed by atoms with van der Waals surface area (Å²) in [6.45, 7) is 12.4. The second-order valence-corrected chi connectivity index (χ2v) is 3.78. The van der Waals surface area contributed by atoms with E-state index in [0.29, 0.717) is 6.61 Å². The Kier molecular flexibility index (Phi) is 5.74. The monoisotopic (exact) mass is 202 g/mol. The first-order chi connectivity index (χ1) is 6.24. The van der Waals surface area contributed by atoms with Crippen molar-refractivity contribution >= 4 is 9.05 Å². The highest BCUT2D eigenvalue weighted by Crippen LogP contribution is 2.12. The van der Waals surface area contributed by atoms with E-state index in [2.05, 4.69) is 19.7 Å². The summed E-state index contributed by atoms with van der Waals surface area (Å²) in [5.41, 5.74) is 0. The number of rotatable bonds is 8. The standard InChI is InChI=1S/C8H14O4Si/c1-5-9-13(10-6-2,11-7-3)12-8-4/h5-7H,1-3,8H2,4H3. The molecule has 0 saturated carbocycles. The molecule has 4 nitrogen and oxygen atoms in total. The fourth-order valence-corrected chi connectivity index (χ4v) is 2.01. The first-order valence-corrected chi connectivity index (χ1v) is 5.38. The van der Waals surface area contributed by atoms with Crippen molar-refractivity contribution in [1.82, 2.24) is 0 Å². The van der Waals surface area contributed by atoms with E-state index in [4.69, 9.17) is 17.7 Å². The van der Waals surface area contributed by atoms with Gasteiger partial charge in [0.05, 0.1) is 18.8 Å². The van der Waals surface area contributed by atoms with Crippen molar-refractivity contribution in [2.45, 2.75) is 6.92 Å². The van der Waals surface area contributed by atoms with Gasteiger partial charge in [0, 0.05) is 6.61 Å². The van der Waals surface area contributed by atoms with Gasteiger partial charge in [0.1, 0.15) is 0 Å². The van der Waals surface area contributed by atoms with Crippen LogP contribution in [0.4, 0.5) is 0 Å². The molecule has 5 heteroatoms. The molecule has 0 heterocycles. The smallest absolute Gasteiger partial charge is 0.469 e. The van der Waals surface area contributed by atoms with Crippen LogP contribution >= 0.6 is 0 Å². The van der Waals surface area contributed by atoms with Crippen molar-refractivity contribution in [3.05, 3.63) is 38.5 Å². The highest BCUT2D eigenvalue weighted by Gasteiger charge is 2.51. The fraction of sp³-hybridized carbons (Fsp3) is 0.250. The van der Waals surface area contributed by atoms with Crippen molar-refractivity contribution in [2.24, 2.45) is 0 Å². The second-order valence-electron chi connectivity index (χ2n) is 1.79. The van der Waals surface area contributed by atoms with Crippen molar-refractivity contribution in [3.63, 3.8) is 0 Å². The van der Waals surface area contributed by atoms with Gasteiger partial charge in [-0.3, -0.25) is 0 Å². The largest absolute Gasteiger partial charge is 0.891 e. The Morgan fingerprint density at radius 2 is 1.38 bits per heavy atom. The molecule has 13 heavy (non-hydrogen) atoms. The maximum atomic E-state index is 5.21. The van der Waals surface area contributed by atoms with Crippen LogP contribution in [0.3, 0.4) is 0 Å². The molecule has 0 radical (unpaired) electrons. The van der Waals surface area contributed by atoms with Gasteiger partial charge in [-0.25, -0.2) is 0 Å². The summed E-state index contributed by atoms with van der Waals surface area (Å²) in [4.78, 5) is 0. The molecule has 0 aliphatic heterocycles. The second kappa shape index (κ2) is 6.33. The van der Waals surface area contributed by atoms with Crippen LogP contribution in [0.15, 0.2) is 38.5 Å². The van der Waals surface area contributed by atoms with Gasteiger partial charge in [0.2, 0.25) is 0 Å². The molecule has 0 N–H and O–H groups in total. The summed E-state index contributed by atoms with van der Waals surface area (Å²) in [5, 5.41) is 0. The lowest BCUT2D eigenvalue weighted by Crippen LogP contribution is -2.45. The molecule has 0 amide bonds. The van der Waals surface area contributed by atoms with Gasteiger partial charge >= 0.3 is 9.05 Å². The molecule has 74 valence electrons. The summed E-state index contributed by atoms with van der Waals surface area (Å²) < 4.78 is 20.3. The average Bonchev–Trinajstić information content (AvgIpc) is 2.06. The van der Waals surface area contributed by atoms with Gasteiger partial charge in [-0.1, -0.05) is 19.7 Å². The predicted octanol–water partition coefficient (Wildman–Crippen LogP) is 1.94. The highest BCUT2D eigenvalue weighted by atomic mass is 28.4. The average molecular weight is 202 g/mol. The molecule has 0 fully saturated rings. The normalized spacial score (nSPS) is 9.92. The lowest BCUT2D eigenvalue weighted by atomic mass is 10.9. The molecule has 0 bridgehead atoms. The molecule has 0 unspecified atom stereocenters. The first-order valence-electron chi connectivity index (χ1n) is 3.74. The molecular formula is C8H14O4Si. The van der Waals surface area contributed by atoms with Crippen LogP contribution in [0.5, 0.6) is 0 Å². The Labute approximate surface area is 79.6 Å². The third-order valence-corrected chi connectivity index (χ3v) is 3.01. The van der Waals surface area contributed by atoms with E-state index in [0.717, 1.165) is 0 Å². The Bertz CT molecular complexity index is 154. The van der Waals surface area contributed by atoms with Crippen LogP contribution in [0.2, 0.25) is 0 Å². The van der Waals surface area contributed by atoms with E-state index in [1.807, 2.05) is 0 Å². The Hall–Kier alpha value is -1.20. The van der Waals surface area contributed by atoms with Gasteiger partial charge in [0.15, 0.2) is 0 Å². The molecule has 0 aromatic rings. The summed E-state index contributed by atoms with van der Waals surface area (Å²) >= 11 is 0. The molecule has 0 aliphatic rings. The zero-order chi connectivity index (χ0) is 10.2. The van der Waals surface area contributed by atoms with Gasteiger partial charge in [0.25, 0.3) is 0 Å². The Balaban J connectivity index is 4.44. The van der Waals surface area contributed by atoms with Crippen LogP contribution in [0.1, 0.15) is 6.92 Å². The van der Waals surface area contributed by atoms with Crippen LogP contribution in [0.25, 0.3) is 0 Å². The molecule has 0 atom stereocenters. The van der Waals surface area contributed by atoms with E-state index >= 15 is 0 Å². The molecule has 0 rings (SSSR count). The van der Waals surface area contributed by atoms with Crippen molar-refractivity contribution < 1.29 is 17.7 Å². The minimum absolute atomic E-state index is 0.405. The fourth-order valence-electron chi connectivity index (χ4n) is 0.668. The molecule has 0 aromatic carbocycles. The summed E-state index contributed by atoms with van der Waals surface area (Å²) in [6, 6.07) is 0. The van der Waals surface area contributed by atoms with E-state index in [9.17, 15) is 0 Å². The quantitative estimate of drug-likeness (QED) is 0.445. The first kappa shape index (κ1) is 11.8. The Morgan fingerprint density at radius 3 is 1.62 bits per heavy atom. The molecule has 0 spiro atoms. The maximum absolute atomic E-state index is 5.21. The van der Waals surface area contributed by atoms with Crippen LogP contribution in [-0.4, -0.2) is 15.7 Å². The van der Waals surface area contributed by atoms with Gasteiger partial charge in [-0.2, -0.15) is 0 Å². The lowest BCUT2D eigenvalue weighted by molar-refractivity contribution is 0.0466. The zero-order valence-corrected chi connectivity index (χ0v) is 8.69. The summed E-state index contributed by atoms with van der Waals surface area (Å²) in [6.07, 6.45) is 3.61. The SMILES string of the molecule is C=CO[Si](OC=C)(OC=C)OCC. The minimum Gasteiger partial charge on any atom is -0.469 e. The number of hydrogen-bond donors (Lipinski definition) is 0. The van der Waals surface area contributed by atoms with Gasteiger partial charge < -0.3 is 17.7 Å². The van der Waals surface area contributed by atoms with E-state index in [1.165, 1.54) is 18.8 Å². The summed E-state index contributed by atoms with van der Waals surface area (Å²) in [5.74, 6) is 0. The highest BCUT2D eigenvalue weighted by molar-refractivity contribution is 6.54. The van der Waals surface area contributed by atoms with E-state index < -0.39 is 9.05 Å². The third-order valence-electron chi connectivity index (χ3n) is 1.00. The zero-order valence-electron chi connectivity index (χ0n) is 7.69. The van der Waals surface area contributed by atoms with Gasteiger partial charge in [-0.15, -0.1) is 0 Å². The van der Waals surface area contributed by atoms with E-state index in [1.54, 1.807) is 6.92 Å².